The molecule has 0 aromatic rings. The van der Waals surface area contributed by atoms with Gasteiger partial charge in [-0.05, 0) is 86.4 Å². The van der Waals surface area contributed by atoms with Crippen LogP contribution in [0.1, 0.15) is 91.4 Å². The first-order valence-corrected chi connectivity index (χ1v) is 11.8. The van der Waals surface area contributed by atoms with Crippen molar-refractivity contribution in [2.24, 2.45) is 11.3 Å². The third-order valence-corrected chi connectivity index (χ3v) is 10.3. The zero-order valence-electron chi connectivity index (χ0n) is 15.8. The molecule has 1 nitrogen and oxygen atoms in total. The summed E-state index contributed by atoms with van der Waals surface area (Å²) in [4.78, 5) is 0. The maximum atomic E-state index is 5.93. The molecular weight excluding hydrogens is 300 g/mol. The Morgan fingerprint density at radius 1 is 0.696 bits per heavy atom. The molecule has 0 N–H and O–H groups in total. The summed E-state index contributed by atoms with van der Waals surface area (Å²) in [6, 6.07) is 0. The molecule has 3 rings (SSSR count). The lowest BCUT2D eigenvalue weighted by Gasteiger charge is -2.40. The molecule has 23 heavy (non-hydrogen) atoms. The highest BCUT2D eigenvalue weighted by Crippen LogP contribution is 2.43. The van der Waals surface area contributed by atoms with Crippen molar-refractivity contribution in [3.8, 4) is 0 Å². The van der Waals surface area contributed by atoms with Crippen molar-refractivity contribution in [2.45, 2.75) is 107 Å². The molecule has 0 aromatic heterocycles. The Labute approximate surface area is 147 Å². The molecule has 0 aromatic carbocycles. The van der Waals surface area contributed by atoms with E-state index in [-0.39, 0.29) is 0 Å². The maximum absolute atomic E-state index is 5.93. The van der Waals surface area contributed by atoms with Crippen molar-refractivity contribution in [3.63, 3.8) is 0 Å². The van der Waals surface area contributed by atoms with E-state index in [1.165, 1.54) is 70.6 Å². The Balaban J connectivity index is 1.65. The zero-order chi connectivity index (χ0) is 16.3. The van der Waals surface area contributed by atoms with Gasteiger partial charge in [0.05, 0.1) is 6.61 Å². The Hall–Kier alpha value is 0.310. The SMILES string of the molecule is CC(C)(C)C1CCC([S+](C2CCCCC2)C2CCCOC2)CC1. The molecular formula is C21H39OS+. The van der Waals surface area contributed by atoms with Gasteiger partial charge < -0.3 is 4.74 Å². The van der Waals surface area contributed by atoms with Gasteiger partial charge in [-0.15, -0.1) is 0 Å². The molecule has 2 atom stereocenters. The summed E-state index contributed by atoms with van der Waals surface area (Å²) in [6.07, 6.45) is 16.3. The Morgan fingerprint density at radius 3 is 1.87 bits per heavy atom. The highest BCUT2D eigenvalue weighted by Gasteiger charge is 2.47. The molecule has 0 radical (unpaired) electrons. The highest BCUT2D eigenvalue weighted by molar-refractivity contribution is 7.98. The van der Waals surface area contributed by atoms with Gasteiger partial charge in [0.15, 0.2) is 0 Å². The van der Waals surface area contributed by atoms with Crippen LogP contribution in [0.15, 0.2) is 0 Å². The summed E-state index contributed by atoms with van der Waals surface area (Å²) >= 11 is 0. The van der Waals surface area contributed by atoms with Crippen molar-refractivity contribution in [3.05, 3.63) is 0 Å². The Kier molecular flexibility index (Phi) is 6.40. The van der Waals surface area contributed by atoms with Crippen LogP contribution < -0.4 is 0 Å². The first-order chi connectivity index (χ1) is 11.1. The molecule has 2 heteroatoms. The van der Waals surface area contributed by atoms with Gasteiger partial charge in [-0.1, -0.05) is 27.2 Å². The van der Waals surface area contributed by atoms with E-state index < -0.39 is 0 Å². The Bertz CT molecular complexity index is 323. The van der Waals surface area contributed by atoms with Crippen LogP contribution in [0, 0.1) is 11.3 Å². The summed E-state index contributed by atoms with van der Waals surface area (Å²) in [5, 5.41) is 2.98. The molecule has 0 spiro atoms. The topological polar surface area (TPSA) is 9.23 Å². The Morgan fingerprint density at radius 2 is 1.30 bits per heavy atom. The van der Waals surface area contributed by atoms with Crippen LogP contribution in [0.5, 0.6) is 0 Å². The fraction of sp³-hybridized carbons (Fsp3) is 1.00. The number of ether oxygens (including phenoxy) is 1. The predicted octanol–water partition coefficient (Wildman–Crippen LogP) is 5.72. The van der Waals surface area contributed by atoms with E-state index >= 15 is 0 Å². The summed E-state index contributed by atoms with van der Waals surface area (Å²) in [5.41, 5.74) is 0.516. The molecule has 1 saturated heterocycles. The standard InChI is InChI=1S/C21H39OS/c1-21(2,3)17-11-13-19(14-12-17)23(18-8-5-4-6-9-18)20-10-7-15-22-16-20/h17-20H,4-16H2,1-3H3/q+1. The first-order valence-electron chi connectivity index (χ1n) is 10.3. The van der Waals surface area contributed by atoms with E-state index in [1.54, 1.807) is 0 Å². The molecule has 2 saturated carbocycles. The van der Waals surface area contributed by atoms with Crippen molar-refractivity contribution in [1.29, 1.82) is 0 Å². The molecule has 2 aliphatic carbocycles. The first kappa shape index (κ1) is 18.1. The quantitative estimate of drug-likeness (QED) is 0.597. The molecule has 1 heterocycles. The van der Waals surface area contributed by atoms with Crippen molar-refractivity contribution in [2.75, 3.05) is 13.2 Å². The van der Waals surface area contributed by atoms with Crippen molar-refractivity contribution < 1.29 is 4.74 Å². The van der Waals surface area contributed by atoms with Crippen LogP contribution in [-0.2, 0) is 15.6 Å². The van der Waals surface area contributed by atoms with Gasteiger partial charge in [0, 0.05) is 6.61 Å². The average molecular weight is 340 g/mol. The second kappa shape index (κ2) is 8.13. The molecule has 1 aliphatic heterocycles. The molecule has 3 fully saturated rings. The monoisotopic (exact) mass is 339 g/mol. The van der Waals surface area contributed by atoms with Crippen LogP contribution in [-0.4, -0.2) is 29.0 Å². The normalized spacial score (nSPS) is 35.9. The van der Waals surface area contributed by atoms with Gasteiger partial charge >= 0.3 is 0 Å². The third kappa shape index (κ3) is 4.69. The van der Waals surface area contributed by atoms with Gasteiger partial charge in [0.2, 0.25) is 0 Å². The van der Waals surface area contributed by atoms with Crippen molar-refractivity contribution >= 4 is 10.9 Å². The van der Waals surface area contributed by atoms with Gasteiger partial charge in [0.1, 0.15) is 15.7 Å². The minimum absolute atomic E-state index is 0.516. The van der Waals surface area contributed by atoms with E-state index in [1.807, 2.05) is 0 Å². The van der Waals surface area contributed by atoms with E-state index in [4.69, 9.17) is 4.74 Å². The molecule has 134 valence electrons. The largest absolute Gasteiger partial charge is 0.376 e. The fourth-order valence-corrected chi connectivity index (χ4v) is 9.30. The average Bonchev–Trinajstić information content (AvgIpc) is 2.57. The number of hydrogen-bond acceptors (Lipinski definition) is 1. The van der Waals surface area contributed by atoms with Gasteiger partial charge in [-0.2, -0.15) is 0 Å². The fourth-order valence-electron chi connectivity index (χ4n) is 5.28. The molecule has 2 unspecified atom stereocenters. The van der Waals surface area contributed by atoms with Gasteiger partial charge in [0.25, 0.3) is 0 Å². The van der Waals surface area contributed by atoms with Crippen LogP contribution in [0.2, 0.25) is 0 Å². The van der Waals surface area contributed by atoms with Gasteiger partial charge in [-0.25, -0.2) is 0 Å². The third-order valence-electron chi connectivity index (χ3n) is 6.72. The van der Waals surface area contributed by atoms with Crippen LogP contribution >= 0.6 is 0 Å². The lowest BCUT2D eigenvalue weighted by Crippen LogP contribution is -2.47. The number of hydrogen-bond donors (Lipinski definition) is 0. The smallest absolute Gasteiger partial charge is 0.142 e. The van der Waals surface area contributed by atoms with Gasteiger partial charge in [-0.3, -0.25) is 0 Å². The predicted molar refractivity (Wildman–Crippen MR) is 103 cm³/mol. The van der Waals surface area contributed by atoms with Crippen LogP contribution in [0.4, 0.5) is 0 Å². The van der Waals surface area contributed by atoms with E-state index in [0.29, 0.717) is 16.3 Å². The zero-order valence-corrected chi connectivity index (χ0v) is 16.6. The van der Waals surface area contributed by atoms with Crippen molar-refractivity contribution in [1.82, 2.24) is 0 Å². The minimum atomic E-state index is 0.516. The van der Waals surface area contributed by atoms with Crippen LogP contribution in [0.3, 0.4) is 0 Å². The minimum Gasteiger partial charge on any atom is -0.376 e. The summed E-state index contributed by atoms with van der Waals surface area (Å²) < 4.78 is 5.93. The van der Waals surface area contributed by atoms with E-state index in [0.717, 1.165) is 34.9 Å². The second-order valence-electron chi connectivity index (χ2n) is 9.35. The maximum Gasteiger partial charge on any atom is 0.142 e. The second-order valence-corrected chi connectivity index (χ2v) is 12.2. The molecule has 3 aliphatic rings. The summed E-state index contributed by atoms with van der Waals surface area (Å²) in [5.74, 6) is 0.957. The van der Waals surface area contributed by atoms with E-state index in [9.17, 15) is 0 Å². The molecule has 0 bridgehead atoms. The van der Waals surface area contributed by atoms with Crippen LogP contribution in [0.25, 0.3) is 0 Å². The number of rotatable bonds is 3. The summed E-state index contributed by atoms with van der Waals surface area (Å²) in [6.45, 7) is 9.46. The lowest BCUT2D eigenvalue weighted by atomic mass is 9.72. The lowest BCUT2D eigenvalue weighted by molar-refractivity contribution is 0.0998. The molecule has 0 amide bonds. The van der Waals surface area contributed by atoms with E-state index in [2.05, 4.69) is 20.8 Å². The highest BCUT2D eigenvalue weighted by atomic mass is 32.2. The summed E-state index contributed by atoms with van der Waals surface area (Å²) in [7, 11) is 0.649.